The fraction of sp³-hybridized carbons (Fsp3) is 0.333. The van der Waals surface area contributed by atoms with E-state index < -0.39 is 5.78 Å². The van der Waals surface area contributed by atoms with Crippen molar-refractivity contribution in [3.8, 4) is 0 Å². The molecule has 3 heteroatoms. The molecule has 0 aliphatic rings. The predicted octanol–water partition coefficient (Wildman–Crippen LogP) is 1.78. The molecule has 1 heterocycles. The Morgan fingerprint density at radius 3 is 2.67 bits per heavy atom. The van der Waals surface area contributed by atoms with Crippen LogP contribution in [-0.2, 0) is 4.79 Å². The lowest BCUT2D eigenvalue weighted by molar-refractivity contribution is -0.104. The van der Waals surface area contributed by atoms with E-state index in [9.17, 15) is 9.59 Å². The Hall–Kier alpha value is -1.38. The minimum Gasteiger partial charge on any atom is -0.460 e. The molecule has 0 N–H and O–H groups in total. The van der Waals surface area contributed by atoms with Gasteiger partial charge in [0.1, 0.15) is 0 Å². The van der Waals surface area contributed by atoms with Crippen molar-refractivity contribution in [2.45, 2.75) is 19.8 Å². The fourth-order valence-electron chi connectivity index (χ4n) is 0.841. The summed E-state index contributed by atoms with van der Waals surface area (Å²) in [4.78, 5) is 20.9. The van der Waals surface area contributed by atoms with Crippen LogP contribution in [0.4, 0.5) is 0 Å². The molecule has 1 rings (SSSR count). The van der Waals surface area contributed by atoms with Gasteiger partial charge in [-0.1, -0.05) is 13.8 Å². The van der Waals surface area contributed by atoms with E-state index in [0.717, 1.165) is 5.56 Å². The van der Waals surface area contributed by atoms with Crippen LogP contribution in [-0.4, -0.2) is 12.1 Å². The zero-order chi connectivity index (χ0) is 9.14. The van der Waals surface area contributed by atoms with E-state index in [1.165, 1.54) is 6.26 Å². The summed E-state index contributed by atoms with van der Waals surface area (Å²) in [6.45, 7) is 3.97. The predicted molar refractivity (Wildman–Crippen MR) is 43.2 cm³/mol. The lowest BCUT2D eigenvalue weighted by Gasteiger charge is -1.95. The van der Waals surface area contributed by atoms with Crippen molar-refractivity contribution < 1.29 is 14.0 Å². The smallest absolute Gasteiger partial charge is 0.260 e. The van der Waals surface area contributed by atoms with Crippen LogP contribution in [0.3, 0.4) is 0 Å². The van der Waals surface area contributed by atoms with Crippen LogP contribution in [0.25, 0.3) is 0 Å². The summed E-state index contributed by atoms with van der Waals surface area (Å²) in [6.07, 6.45) is 1.75. The van der Waals surface area contributed by atoms with Crippen molar-refractivity contribution in [1.82, 2.24) is 0 Å². The van der Waals surface area contributed by atoms with Crippen LogP contribution in [0.5, 0.6) is 0 Å². The van der Waals surface area contributed by atoms with E-state index in [-0.39, 0.29) is 12.0 Å². The summed E-state index contributed by atoms with van der Waals surface area (Å²) in [7, 11) is 0. The Kier molecular flexibility index (Phi) is 2.43. The molecule has 0 unspecified atom stereocenters. The van der Waals surface area contributed by atoms with E-state index >= 15 is 0 Å². The van der Waals surface area contributed by atoms with Gasteiger partial charge in [-0.3, -0.25) is 9.59 Å². The highest BCUT2D eigenvalue weighted by atomic mass is 16.3. The summed E-state index contributed by atoms with van der Waals surface area (Å²) < 4.78 is 4.90. The highest BCUT2D eigenvalue weighted by molar-refractivity contribution is 6.32. The topological polar surface area (TPSA) is 47.3 Å². The van der Waals surface area contributed by atoms with E-state index in [4.69, 9.17) is 4.42 Å². The Labute approximate surface area is 70.4 Å². The van der Waals surface area contributed by atoms with Crippen LogP contribution in [0, 0.1) is 0 Å². The first-order chi connectivity index (χ1) is 5.65. The first-order valence-corrected chi connectivity index (χ1v) is 3.73. The van der Waals surface area contributed by atoms with Crippen molar-refractivity contribution in [3.05, 3.63) is 23.7 Å². The molecule has 0 saturated heterocycles. The van der Waals surface area contributed by atoms with Gasteiger partial charge in [-0.2, -0.15) is 0 Å². The molecule has 3 nitrogen and oxygen atoms in total. The third-order valence-corrected chi connectivity index (χ3v) is 1.64. The lowest BCUT2D eigenvalue weighted by atomic mass is 10.1. The molecule has 0 fully saturated rings. The van der Waals surface area contributed by atoms with Gasteiger partial charge < -0.3 is 4.42 Å². The fourth-order valence-corrected chi connectivity index (χ4v) is 0.841. The maximum Gasteiger partial charge on any atom is 0.260 e. The second-order valence-electron chi connectivity index (χ2n) is 2.88. The summed E-state index contributed by atoms with van der Waals surface area (Å²) in [5, 5.41) is 0. The van der Waals surface area contributed by atoms with Crippen LogP contribution >= 0.6 is 0 Å². The number of furan rings is 1. The van der Waals surface area contributed by atoms with Gasteiger partial charge in [-0.05, 0) is 17.5 Å². The molecular weight excluding hydrogens is 156 g/mol. The normalized spacial score (nSPS) is 10.2. The summed E-state index contributed by atoms with van der Waals surface area (Å²) in [6, 6.07) is 1.60. The van der Waals surface area contributed by atoms with Gasteiger partial charge in [0.2, 0.25) is 0 Å². The number of rotatable bonds is 3. The molecule has 0 saturated carbocycles. The Balaban J connectivity index is 2.91. The number of aldehydes is 1. The number of carbonyl (C=O) groups excluding carboxylic acids is 2. The Morgan fingerprint density at radius 2 is 2.25 bits per heavy atom. The van der Waals surface area contributed by atoms with Crippen molar-refractivity contribution >= 4 is 12.1 Å². The maximum absolute atomic E-state index is 10.8. The third-order valence-electron chi connectivity index (χ3n) is 1.64. The minimum absolute atomic E-state index is 0.119. The van der Waals surface area contributed by atoms with Gasteiger partial charge in [0.05, 0.1) is 6.26 Å². The van der Waals surface area contributed by atoms with Gasteiger partial charge in [0, 0.05) is 0 Å². The highest BCUT2D eigenvalue weighted by Crippen LogP contribution is 2.17. The van der Waals surface area contributed by atoms with E-state index in [1.807, 2.05) is 13.8 Å². The molecule has 0 bridgehead atoms. The quantitative estimate of drug-likeness (QED) is 0.390. The first-order valence-electron chi connectivity index (χ1n) is 3.73. The van der Waals surface area contributed by atoms with Crippen LogP contribution in [0.15, 0.2) is 16.7 Å². The first kappa shape index (κ1) is 8.71. The Bertz CT molecular complexity index is 296. The number of ketones is 1. The highest BCUT2D eigenvalue weighted by Gasteiger charge is 2.10. The molecular formula is C9H10O3. The molecule has 0 aromatic carbocycles. The zero-order valence-corrected chi connectivity index (χ0v) is 7.03. The molecule has 0 spiro atoms. The average molecular weight is 166 g/mol. The van der Waals surface area contributed by atoms with E-state index in [1.54, 1.807) is 6.07 Å². The van der Waals surface area contributed by atoms with E-state index in [0.29, 0.717) is 5.92 Å². The largest absolute Gasteiger partial charge is 0.460 e. The number of hydrogen-bond acceptors (Lipinski definition) is 3. The van der Waals surface area contributed by atoms with Crippen molar-refractivity contribution in [1.29, 1.82) is 0 Å². The van der Waals surface area contributed by atoms with Gasteiger partial charge in [-0.25, -0.2) is 0 Å². The van der Waals surface area contributed by atoms with Gasteiger partial charge in [-0.15, -0.1) is 0 Å². The molecule has 0 aliphatic carbocycles. The summed E-state index contributed by atoms with van der Waals surface area (Å²) in [5.41, 5.74) is 0.931. The SMILES string of the molecule is CC(C)c1coc(C(=O)C=O)c1. The number of carbonyl (C=O) groups is 2. The number of Topliss-reactive ketones (excluding diaryl/α,β-unsaturated/α-hetero) is 1. The zero-order valence-electron chi connectivity index (χ0n) is 7.03. The summed E-state index contributed by atoms with van der Waals surface area (Å²) in [5.74, 6) is -0.183. The third kappa shape index (κ3) is 1.61. The van der Waals surface area contributed by atoms with Crippen molar-refractivity contribution in [2.24, 2.45) is 0 Å². The monoisotopic (exact) mass is 166 g/mol. The molecule has 0 atom stereocenters. The molecule has 64 valence electrons. The van der Waals surface area contributed by atoms with Crippen LogP contribution in [0.2, 0.25) is 0 Å². The van der Waals surface area contributed by atoms with Gasteiger partial charge >= 0.3 is 0 Å². The molecule has 12 heavy (non-hydrogen) atoms. The van der Waals surface area contributed by atoms with Crippen molar-refractivity contribution in [3.63, 3.8) is 0 Å². The van der Waals surface area contributed by atoms with Gasteiger partial charge in [0.25, 0.3) is 5.78 Å². The number of hydrogen-bond donors (Lipinski definition) is 0. The maximum atomic E-state index is 10.8. The van der Waals surface area contributed by atoms with Crippen molar-refractivity contribution in [2.75, 3.05) is 0 Å². The molecule has 1 aromatic rings. The summed E-state index contributed by atoms with van der Waals surface area (Å²) >= 11 is 0. The standard InChI is InChI=1S/C9H10O3/c1-6(2)7-3-9(12-5-7)8(11)4-10/h3-6H,1-2H3. The molecule has 0 radical (unpaired) electrons. The molecule has 0 aliphatic heterocycles. The minimum atomic E-state index is -0.609. The van der Waals surface area contributed by atoms with Crippen LogP contribution < -0.4 is 0 Å². The van der Waals surface area contributed by atoms with E-state index in [2.05, 4.69) is 0 Å². The van der Waals surface area contributed by atoms with Crippen LogP contribution in [0.1, 0.15) is 35.9 Å². The second kappa shape index (κ2) is 3.34. The lowest BCUT2D eigenvalue weighted by Crippen LogP contribution is -1.96. The molecule has 1 aromatic heterocycles. The Morgan fingerprint density at radius 1 is 1.58 bits per heavy atom. The average Bonchev–Trinajstić information content (AvgIpc) is 2.51. The second-order valence-corrected chi connectivity index (χ2v) is 2.88. The van der Waals surface area contributed by atoms with Gasteiger partial charge in [0.15, 0.2) is 12.0 Å². The molecule has 0 amide bonds.